The predicted octanol–water partition coefficient (Wildman–Crippen LogP) is 6.37. The van der Waals surface area contributed by atoms with Crippen molar-refractivity contribution in [2.24, 2.45) is 10.9 Å². The molecule has 0 bridgehead atoms. The number of aliphatic imine (C=N–C) groups is 1. The average molecular weight is 560 g/mol. The van der Waals surface area contributed by atoms with Crippen LogP contribution in [-0.2, 0) is 20.9 Å². The molecule has 4 rings (SSSR count). The van der Waals surface area contributed by atoms with Crippen molar-refractivity contribution in [3.8, 4) is 11.8 Å². The lowest BCUT2D eigenvalue weighted by Crippen LogP contribution is -2.34. The van der Waals surface area contributed by atoms with Gasteiger partial charge in [0.05, 0.1) is 24.5 Å². The number of ether oxygens (including phenoxy) is 2. The van der Waals surface area contributed by atoms with E-state index in [1.165, 1.54) is 0 Å². The zero-order chi connectivity index (χ0) is 27.8. The SMILES string of the molecule is COc1ccc(NC(=O)CSC2=C(C#N)[C@@H](c3ccccc3Cl)C(C(=O)OCc3ccccc3)C(C)=N2)cc1. The molecule has 1 amide bonds. The third-order valence-corrected chi connectivity index (χ3v) is 7.49. The van der Waals surface area contributed by atoms with Gasteiger partial charge in [-0.15, -0.1) is 0 Å². The second-order valence-electron chi connectivity index (χ2n) is 8.72. The van der Waals surface area contributed by atoms with Gasteiger partial charge in [-0.25, -0.2) is 4.99 Å². The summed E-state index contributed by atoms with van der Waals surface area (Å²) in [4.78, 5) is 30.7. The van der Waals surface area contributed by atoms with E-state index in [1.54, 1.807) is 62.6 Å². The molecule has 1 N–H and O–H groups in total. The highest BCUT2D eigenvalue weighted by Gasteiger charge is 2.41. The van der Waals surface area contributed by atoms with Crippen LogP contribution in [0, 0.1) is 17.2 Å². The second kappa shape index (κ2) is 13.1. The highest BCUT2D eigenvalue weighted by molar-refractivity contribution is 8.03. The molecule has 39 heavy (non-hydrogen) atoms. The molecule has 1 aliphatic rings. The molecule has 198 valence electrons. The maximum atomic E-state index is 13.4. The quantitative estimate of drug-likeness (QED) is 0.306. The molecule has 3 aromatic rings. The smallest absolute Gasteiger partial charge is 0.316 e. The van der Waals surface area contributed by atoms with Gasteiger partial charge in [-0.1, -0.05) is 71.9 Å². The summed E-state index contributed by atoms with van der Waals surface area (Å²) in [5, 5.41) is 13.8. The highest BCUT2D eigenvalue weighted by atomic mass is 35.5. The Kier molecular flexibility index (Phi) is 9.42. The van der Waals surface area contributed by atoms with Crippen molar-refractivity contribution in [1.82, 2.24) is 0 Å². The summed E-state index contributed by atoms with van der Waals surface area (Å²) < 4.78 is 10.8. The molecule has 0 fully saturated rings. The van der Waals surface area contributed by atoms with E-state index in [-0.39, 0.29) is 23.8 Å². The third kappa shape index (κ3) is 6.88. The Morgan fingerprint density at radius 3 is 2.41 bits per heavy atom. The van der Waals surface area contributed by atoms with Crippen molar-refractivity contribution in [1.29, 1.82) is 5.26 Å². The minimum absolute atomic E-state index is 0.0156. The van der Waals surface area contributed by atoms with Gasteiger partial charge in [-0.05, 0) is 48.4 Å². The van der Waals surface area contributed by atoms with E-state index >= 15 is 0 Å². The van der Waals surface area contributed by atoms with Crippen molar-refractivity contribution in [2.45, 2.75) is 19.4 Å². The molecule has 9 heteroatoms. The molecule has 7 nitrogen and oxygen atoms in total. The van der Waals surface area contributed by atoms with Crippen LogP contribution >= 0.6 is 23.4 Å². The summed E-state index contributed by atoms with van der Waals surface area (Å²) in [5.74, 6) is -1.62. The molecule has 3 aromatic carbocycles. The minimum atomic E-state index is -0.847. The summed E-state index contributed by atoms with van der Waals surface area (Å²) in [7, 11) is 1.57. The molecule has 1 unspecified atom stereocenters. The Balaban J connectivity index is 1.58. The summed E-state index contributed by atoms with van der Waals surface area (Å²) >= 11 is 7.69. The monoisotopic (exact) mass is 559 g/mol. The van der Waals surface area contributed by atoms with E-state index in [1.807, 2.05) is 30.3 Å². The van der Waals surface area contributed by atoms with E-state index < -0.39 is 17.8 Å². The largest absolute Gasteiger partial charge is 0.497 e. The zero-order valence-electron chi connectivity index (χ0n) is 21.4. The van der Waals surface area contributed by atoms with Gasteiger partial charge in [0.1, 0.15) is 23.3 Å². The number of benzene rings is 3. The van der Waals surface area contributed by atoms with Crippen LogP contribution in [0.3, 0.4) is 0 Å². The van der Waals surface area contributed by atoms with E-state index in [4.69, 9.17) is 21.1 Å². The van der Waals surface area contributed by atoms with Crippen LogP contribution in [0.2, 0.25) is 5.02 Å². The summed E-state index contributed by atoms with van der Waals surface area (Å²) in [6.07, 6.45) is 0. The molecule has 1 aliphatic heterocycles. The Morgan fingerprint density at radius 2 is 1.74 bits per heavy atom. The van der Waals surface area contributed by atoms with Gasteiger partial charge in [0.2, 0.25) is 5.91 Å². The van der Waals surface area contributed by atoms with Gasteiger partial charge in [0.25, 0.3) is 0 Å². The maximum absolute atomic E-state index is 13.4. The van der Waals surface area contributed by atoms with Gasteiger partial charge in [0, 0.05) is 22.3 Å². The number of methoxy groups -OCH3 is 1. The van der Waals surface area contributed by atoms with Gasteiger partial charge >= 0.3 is 5.97 Å². The Labute approximate surface area is 236 Å². The van der Waals surface area contributed by atoms with Crippen molar-refractivity contribution >= 4 is 46.6 Å². The van der Waals surface area contributed by atoms with Crippen molar-refractivity contribution < 1.29 is 19.1 Å². The second-order valence-corrected chi connectivity index (χ2v) is 10.1. The van der Waals surface area contributed by atoms with Crippen LogP contribution in [0.1, 0.15) is 24.0 Å². The van der Waals surface area contributed by atoms with Crippen LogP contribution in [0.25, 0.3) is 0 Å². The Bertz CT molecular complexity index is 1450. The van der Waals surface area contributed by atoms with E-state index in [0.29, 0.717) is 32.8 Å². The summed E-state index contributed by atoms with van der Waals surface area (Å²) in [5.41, 5.74) is 2.83. The first-order valence-electron chi connectivity index (χ1n) is 12.1. The fourth-order valence-corrected chi connectivity index (χ4v) is 5.38. The lowest BCUT2D eigenvalue weighted by molar-refractivity contribution is -0.147. The van der Waals surface area contributed by atoms with Crippen LogP contribution in [0.5, 0.6) is 5.75 Å². The van der Waals surface area contributed by atoms with E-state index in [0.717, 1.165) is 17.3 Å². The maximum Gasteiger partial charge on any atom is 0.316 e. The Morgan fingerprint density at radius 1 is 1.05 bits per heavy atom. The van der Waals surface area contributed by atoms with Gasteiger partial charge in [-0.3, -0.25) is 9.59 Å². The first kappa shape index (κ1) is 28.0. The fraction of sp³-hybridized carbons (Fsp3) is 0.200. The normalized spacial score (nSPS) is 16.6. The number of nitriles is 1. The number of thioether (sulfide) groups is 1. The van der Waals surface area contributed by atoms with Crippen molar-refractivity contribution in [2.75, 3.05) is 18.2 Å². The minimum Gasteiger partial charge on any atom is -0.497 e. The number of amides is 1. The number of esters is 1. The number of halogens is 1. The molecule has 0 radical (unpaired) electrons. The number of hydrogen-bond acceptors (Lipinski definition) is 7. The molecule has 2 atom stereocenters. The summed E-state index contributed by atoms with van der Waals surface area (Å²) in [6.45, 7) is 1.82. The van der Waals surface area contributed by atoms with Crippen LogP contribution in [-0.4, -0.2) is 30.5 Å². The fourth-order valence-electron chi connectivity index (χ4n) is 4.25. The molecule has 0 aromatic heterocycles. The van der Waals surface area contributed by atoms with Crippen LogP contribution in [0.15, 0.2) is 94.5 Å². The number of nitrogens with one attached hydrogen (secondary N) is 1. The molecule has 0 saturated carbocycles. The molecule has 0 saturated heterocycles. The molecule has 1 heterocycles. The number of allylic oxidation sites excluding steroid dienone is 1. The first-order chi connectivity index (χ1) is 18.9. The molecule has 0 spiro atoms. The van der Waals surface area contributed by atoms with Gasteiger partial charge in [0.15, 0.2) is 0 Å². The van der Waals surface area contributed by atoms with Gasteiger partial charge in [-0.2, -0.15) is 5.26 Å². The van der Waals surface area contributed by atoms with Crippen LogP contribution in [0.4, 0.5) is 5.69 Å². The lowest BCUT2D eigenvalue weighted by Gasteiger charge is -2.30. The molecular weight excluding hydrogens is 534 g/mol. The third-order valence-electron chi connectivity index (χ3n) is 6.16. The highest BCUT2D eigenvalue weighted by Crippen LogP contribution is 2.44. The first-order valence-corrected chi connectivity index (χ1v) is 13.5. The molecular formula is C30H26ClN3O4S. The Hall–Kier alpha value is -4.06. The number of nitrogens with zero attached hydrogens (tertiary/aromatic N) is 2. The number of hydrogen-bond donors (Lipinski definition) is 1. The predicted molar refractivity (Wildman–Crippen MR) is 154 cm³/mol. The van der Waals surface area contributed by atoms with E-state index in [9.17, 15) is 14.9 Å². The number of carbonyl (C=O) groups is 2. The van der Waals surface area contributed by atoms with E-state index in [2.05, 4.69) is 16.4 Å². The van der Waals surface area contributed by atoms with Crippen LogP contribution < -0.4 is 10.1 Å². The number of carbonyl (C=O) groups excluding carboxylic acids is 2. The summed E-state index contributed by atoms with van der Waals surface area (Å²) in [6, 6.07) is 25.7. The number of anilines is 1. The van der Waals surface area contributed by atoms with Crippen molar-refractivity contribution in [3.63, 3.8) is 0 Å². The lowest BCUT2D eigenvalue weighted by atomic mass is 9.77. The molecule has 0 aliphatic carbocycles. The van der Waals surface area contributed by atoms with Gasteiger partial charge < -0.3 is 14.8 Å². The standard InChI is InChI=1S/C30H26ClN3O4S/c1-19-27(30(36)38-17-20-8-4-3-5-9-20)28(23-10-6-7-11-25(23)31)24(16-32)29(33-19)39-18-26(35)34-21-12-14-22(37-2)15-13-21/h3-15,27-28H,17-18H2,1-2H3,(H,34,35)/t27?,28-/m1/s1. The topological polar surface area (TPSA) is 101 Å². The average Bonchev–Trinajstić information content (AvgIpc) is 2.95. The number of rotatable bonds is 9. The zero-order valence-corrected chi connectivity index (χ0v) is 23.0. The van der Waals surface area contributed by atoms with Crippen molar-refractivity contribution in [3.05, 3.63) is 106 Å².